The van der Waals surface area contributed by atoms with Gasteiger partial charge in [0.2, 0.25) is 11.4 Å². The fraction of sp³-hybridized carbons (Fsp3) is 0.389. The molecule has 0 radical (unpaired) electrons. The van der Waals surface area contributed by atoms with Crippen molar-refractivity contribution in [1.82, 2.24) is 5.32 Å². The van der Waals surface area contributed by atoms with E-state index in [0.717, 1.165) is 5.56 Å². The van der Waals surface area contributed by atoms with Crippen molar-refractivity contribution < 1.29 is 23.9 Å². The Bertz CT molecular complexity index is 659. The maximum atomic E-state index is 12.6. The molecule has 6 nitrogen and oxygen atoms in total. The second-order valence-corrected chi connectivity index (χ2v) is 5.57. The summed E-state index contributed by atoms with van der Waals surface area (Å²) in [6.07, 6.45) is 0. The van der Waals surface area contributed by atoms with E-state index in [2.05, 4.69) is 11.9 Å². The van der Waals surface area contributed by atoms with E-state index in [-0.39, 0.29) is 18.8 Å². The molecule has 1 aromatic carbocycles. The molecular formula is C18H21NO5. The quantitative estimate of drug-likeness (QED) is 0.504. The monoisotopic (exact) mass is 331 g/mol. The predicted octanol–water partition coefficient (Wildman–Crippen LogP) is 1.63. The zero-order valence-electron chi connectivity index (χ0n) is 14.0. The number of aryl methyl sites for hydroxylation is 1. The average molecular weight is 331 g/mol. The van der Waals surface area contributed by atoms with E-state index >= 15 is 0 Å². The van der Waals surface area contributed by atoms with E-state index in [1.54, 1.807) is 26.0 Å². The van der Waals surface area contributed by atoms with Crippen LogP contribution in [0.25, 0.3) is 0 Å². The molecule has 24 heavy (non-hydrogen) atoms. The summed E-state index contributed by atoms with van der Waals surface area (Å²) in [5, 5.41) is 2.46. The molecule has 0 saturated carbocycles. The van der Waals surface area contributed by atoms with Crippen LogP contribution in [0.5, 0.6) is 0 Å². The lowest BCUT2D eigenvalue weighted by Crippen LogP contribution is -2.59. The molecule has 1 amide bonds. The molecule has 0 aliphatic carbocycles. The van der Waals surface area contributed by atoms with E-state index in [0.29, 0.717) is 5.56 Å². The first-order valence-corrected chi connectivity index (χ1v) is 7.80. The molecular weight excluding hydrogens is 310 g/mol. The molecule has 0 bridgehead atoms. The Balaban J connectivity index is 2.62. The third kappa shape index (κ3) is 2.79. The molecule has 2 rings (SSSR count). The first-order valence-electron chi connectivity index (χ1n) is 7.80. The van der Waals surface area contributed by atoms with Crippen molar-refractivity contribution in [2.75, 3.05) is 13.2 Å². The van der Waals surface area contributed by atoms with Gasteiger partial charge in [-0.05, 0) is 26.3 Å². The van der Waals surface area contributed by atoms with Crippen LogP contribution in [0.2, 0.25) is 0 Å². The average Bonchev–Trinajstić information content (AvgIpc) is 2.82. The molecule has 128 valence electrons. The van der Waals surface area contributed by atoms with Crippen LogP contribution in [0.15, 0.2) is 36.4 Å². The number of ether oxygens (including phenoxy) is 2. The summed E-state index contributed by atoms with van der Waals surface area (Å²) in [5.41, 5.74) is -0.195. The van der Waals surface area contributed by atoms with Crippen LogP contribution in [0.4, 0.5) is 0 Å². The highest BCUT2D eigenvalue weighted by Gasteiger charge is 2.62. The van der Waals surface area contributed by atoms with Gasteiger partial charge in [0.15, 0.2) is 0 Å². The topological polar surface area (TPSA) is 81.7 Å². The lowest BCUT2D eigenvalue weighted by atomic mass is 9.78. The minimum absolute atomic E-state index is 0.0724. The highest BCUT2D eigenvalue weighted by molar-refractivity contribution is 6.16. The van der Waals surface area contributed by atoms with Crippen LogP contribution in [0.1, 0.15) is 30.9 Å². The Morgan fingerprint density at radius 2 is 1.62 bits per heavy atom. The highest BCUT2D eigenvalue weighted by Crippen LogP contribution is 2.41. The summed E-state index contributed by atoms with van der Waals surface area (Å²) in [4.78, 5) is 37.5. The van der Waals surface area contributed by atoms with Crippen molar-refractivity contribution in [3.05, 3.63) is 47.5 Å². The zero-order chi connectivity index (χ0) is 17.9. The number of carbonyl (C=O) groups is 3. The first-order chi connectivity index (χ1) is 11.4. The van der Waals surface area contributed by atoms with Crippen molar-refractivity contribution >= 4 is 17.8 Å². The Labute approximate surface area is 140 Å². The van der Waals surface area contributed by atoms with Crippen LogP contribution in [0.3, 0.4) is 0 Å². The number of esters is 2. The van der Waals surface area contributed by atoms with Gasteiger partial charge in [-0.2, -0.15) is 0 Å². The van der Waals surface area contributed by atoms with Gasteiger partial charge in [-0.3, -0.25) is 4.79 Å². The first kappa shape index (κ1) is 17.7. The van der Waals surface area contributed by atoms with Gasteiger partial charge in [0.05, 0.1) is 19.1 Å². The van der Waals surface area contributed by atoms with Gasteiger partial charge < -0.3 is 14.8 Å². The number of nitrogens with one attached hydrogen (secondary N) is 1. The molecule has 0 aromatic heterocycles. The van der Waals surface area contributed by atoms with Crippen molar-refractivity contribution in [2.45, 2.75) is 32.2 Å². The van der Waals surface area contributed by atoms with E-state index in [9.17, 15) is 14.4 Å². The third-order valence-corrected chi connectivity index (χ3v) is 3.99. The molecule has 6 heteroatoms. The zero-order valence-corrected chi connectivity index (χ0v) is 14.0. The molecule has 1 atom stereocenters. The minimum Gasteiger partial charge on any atom is -0.464 e. The smallest absolute Gasteiger partial charge is 0.344 e. The summed E-state index contributed by atoms with van der Waals surface area (Å²) in [6, 6.07) is 7.20. The number of benzene rings is 1. The summed E-state index contributed by atoms with van der Waals surface area (Å²) in [5.74, 6) is -3.15. The van der Waals surface area contributed by atoms with Gasteiger partial charge in [-0.1, -0.05) is 36.4 Å². The summed E-state index contributed by atoms with van der Waals surface area (Å²) in [7, 11) is 0. The molecule has 1 aliphatic rings. The number of hydrogen-bond donors (Lipinski definition) is 1. The molecule has 1 saturated heterocycles. The molecule has 1 aromatic rings. The van der Waals surface area contributed by atoms with Gasteiger partial charge in [-0.25, -0.2) is 9.59 Å². The van der Waals surface area contributed by atoms with Crippen LogP contribution in [-0.2, 0) is 23.9 Å². The number of carbonyl (C=O) groups excluding carboxylic acids is 3. The molecule has 1 unspecified atom stereocenters. The fourth-order valence-electron chi connectivity index (χ4n) is 2.85. The van der Waals surface area contributed by atoms with Crippen LogP contribution >= 0.6 is 0 Å². The Hall–Kier alpha value is -2.63. The molecule has 1 fully saturated rings. The summed E-state index contributed by atoms with van der Waals surface area (Å²) in [6.45, 7) is 9.09. The maximum absolute atomic E-state index is 12.6. The van der Waals surface area contributed by atoms with Gasteiger partial charge in [0, 0.05) is 5.57 Å². The van der Waals surface area contributed by atoms with Crippen molar-refractivity contribution in [3.8, 4) is 0 Å². The van der Waals surface area contributed by atoms with E-state index < -0.39 is 29.3 Å². The standard InChI is InChI=1S/C18H21NO5/c1-5-23-16(21)18(17(22)24-6-2)14(12(4)15(20)19-18)13-9-7-11(3)8-10-13/h7-10,14H,4-6H2,1-3H3,(H,19,20). The number of hydrogen-bond acceptors (Lipinski definition) is 5. The Morgan fingerprint density at radius 3 is 2.08 bits per heavy atom. The lowest BCUT2D eigenvalue weighted by molar-refractivity contribution is -0.166. The minimum atomic E-state index is -1.95. The maximum Gasteiger partial charge on any atom is 0.344 e. The number of amides is 1. The van der Waals surface area contributed by atoms with Gasteiger partial charge in [-0.15, -0.1) is 0 Å². The van der Waals surface area contributed by atoms with E-state index in [4.69, 9.17) is 9.47 Å². The second-order valence-electron chi connectivity index (χ2n) is 5.57. The van der Waals surface area contributed by atoms with E-state index in [1.807, 2.05) is 19.1 Å². The van der Waals surface area contributed by atoms with Crippen LogP contribution in [-0.4, -0.2) is 36.6 Å². The van der Waals surface area contributed by atoms with Crippen LogP contribution in [0, 0.1) is 6.92 Å². The van der Waals surface area contributed by atoms with Crippen molar-refractivity contribution in [3.63, 3.8) is 0 Å². The predicted molar refractivity (Wildman–Crippen MR) is 87.2 cm³/mol. The summed E-state index contributed by atoms with van der Waals surface area (Å²) >= 11 is 0. The molecule has 1 heterocycles. The lowest BCUT2D eigenvalue weighted by Gasteiger charge is -2.30. The Morgan fingerprint density at radius 1 is 1.12 bits per heavy atom. The molecule has 1 N–H and O–H groups in total. The Kier molecular flexibility index (Phi) is 5.07. The fourth-order valence-corrected chi connectivity index (χ4v) is 2.85. The number of rotatable bonds is 5. The van der Waals surface area contributed by atoms with E-state index in [1.165, 1.54) is 0 Å². The van der Waals surface area contributed by atoms with Gasteiger partial charge in [0.1, 0.15) is 0 Å². The normalized spacial score (nSPS) is 18.9. The largest absolute Gasteiger partial charge is 0.464 e. The van der Waals surface area contributed by atoms with Gasteiger partial charge in [0.25, 0.3) is 0 Å². The highest BCUT2D eigenvalue weighted by atomic mass is 16.6. The third-order valence-electron chi connectivity index (χ3n) is 3.99. The molecule has 0 spiro atoms. The molecule has 1 aliphatic heterocycles. The van der Waals surface area contributed by atoms with Crippen LogP contribution < -0.4 is 5.32 Å². The second kappa shape index (κ2) is 6.86. The van der Waals surface area contributed by atoms with Crippen molar-refractivity contribution in [2.24, 2.45) is 0 Å². The summed E-state index contributed by atoms with van der Waals surface area (Å²) < 4.78 is 10.1. The van der Waals surface area contributed by atoms with Gasteiger partial charge >= 0.3 is 11.9 Å². The van der Waals surface area contributed by atoms with Crippen molar-refractivity contribution in [1.29, 1.82) is 0 Å². The SMILES string of the molecule is C=C1C(=O)NC(C(=O)OCC)(C(=O)OCC)C1c1ccc(C)cc1.